The number of aryl methyl sites for hydroxylation is 1. The molecule has 3 nitrogen and oxygen atoms in total. The van der Waals surface area contributed by atoms with Gasteiger partial charge in [0, 0.05) is 6.42 Å². The summed E-state index contributed by atoms with van der Waals surface area (Å²) in [4.78, 5) is 15.4. The molecule has 0 fully saturated rings. The maximum Gasteiger partial charge on any atom is 0.254 e. The Morgan fingerprint density at radius 2 is 2.00 bits per heavy atom. The molecule has 15 heavy (non-hydrogen) atoms. The first kappa shape index (κ1) is 9.90. The molecule has 3 heteroatoms. The van der Waals surface area contributed by atoms with Crippen molar-refractivity contribution in [2.45, 2.75) is 25.7 Å². The second-order valence-corrected chi connectivity index (χ2v) is 3.94. The topological polar surface area (TPSA) is 55.4 Å². The Bertz CT molecular complexity index is 406. The molecule has 0 spiro atoms. The fourth-order valence-electron chi connectivity index (χ4n) is 1.80. The van der Waals surface area contributed by atoms with Gasteiger partial charge in [0.2, 0.25) is 0 Å². The van der Waals surface area contributed by atoms with Gasteiger partial charge in [-0.1, -0.05) is 29.8 Å². The molecule has 78 valence electrons. The van der Waals surface area contributed by atoms with Gasteiger partial charge in [0.1, 0.15) is 5.84 Å². The van der Waals surface area contributed by atoms with E-state index in [1.807, 2.05) is 31.2 Å². The Morgan fingerprint density at radius 1 is 1.33 bits per heavy atom. The van der Waals surface area contributed by atoms with Crippen LogP contribution in [0, 0.1) is 6.92 Å². The number of rotatable bonds is 1. The molecule has 2 rings (SSSR count). The first-order valence-corrected chi connectivity index (χ1v) is 5.10. The van der Waals surface area contributed by atoms with Gasteiger partial charge in [-0.05, 0) is 18.9 Å². The zero-order valence-electron chi connectivity index (χ0n) is 8.73. The summed E-state index contributed by atoms with van der Waals surface area (Å²) in [5.41, 5.74) is 7.76. The summed E-state index contributed by atoms with van der Waals surface area (Å²) in [6, 6.07) is 8.03. The standard InChI is InChI=1S/C12H14N2O/c1-8-2-4-9(5-3-8)10-6-7-11(13)14-12(10)15/h2-5,10H,6-7H2,1H3,(H2,13,14,15). The molecule has 1 heterocycles. The normalized spacial score (nSPS) is 21.3. The van der Waals surface area contributed by atoms with E-state index in [0.29, 0.717) is 12.3 Å². The third-order valence-corrected chi connectivity index (χ3v) is 2.72. The van der Waals surface area contributed by atoms with Gasteiger partial charge in [0.05, 0.1) is 5.92 Å². The lowest BCUT2D eigenvalue weighted by Crippen LogP contribution is -2.24. The highest BCUT2D eigenvalue weighted by Gasteiger charge is 2.24. The summed E-state index contributed by atoms with van der Waals surface area (Å²) < 4.78 is 0. The third-order valence-electron chi connectivity index (χ3n) is 2.72. The molecule has 1 unspecified atom stereocenters. The number of amides is 1. The van der Waals surface area contributed by atoms with Crippen LogP contribution in [-0.2, 0) is 4.79 Å². The number of hydrogen-bond acceptors (Lipinski definition) is 2. The van der Waals surface area contributed by atoms with Crippen molar-refractivity contribution in [1.82, 2.24) is 0 Å². The molecular weight excluding hydrogens is 188 g/mol. The lowest BCUT2D eigenvalue weighted by Gasteiger charge is -2.18. The molecule has 0 bridgehead atoms. The number of nitrogens with zero attached hydrogens (tertiary/aromatic N) is 1. The highest BCUT2D eigenvalue weighted by Crippen LogP contribution is 2.26. The molecular formula is C12H14N2O. The Labute approximate surface area is 89.0 Å². The van der Waals surface area contributed by atoms with Crippen molar-refractivity contribution in [3.63, 3.8) is 0 Å². The van der Waals surface area contributed by atoms with E-state index in [1.54, 1.807) is 0 Å². The van der Waals surface area contributed by atoms with Gasteiger partial charge >= 0.3 is 0 Å². The van der Waals surface area contributed by atoms with Crippen LogP contribution in [0.4, 0.5) is 0 Å². The highest BCUT2D eigenvalue weighted by molar-refractivity contribution is 5.99. The van der Waals surface area contributed by atoms with Gasteiger partial charge in [-0.25, -0.2) is 4.99 Å². The van der Waals surface area contributed by atoms with Crippen LogP contribution in [-0.4, -0.2) is 11.7 Å². The van der Waals surface area contributed by atoms with Crippen molar-refractivity contribution in [3.05, 3.63) is 35.4 Å². The zero-order chi connectivity index (χ0) is 10.8. The summed E-state index contributed by atoms with van der Waals surface area (Å²) in [6.07, 6.45) is 1.49. The number of carbonyl (C=O) groups excluding carboxylic acids is 1. The van der Waals surface area contributed by atoms with Gasteiger partial charge < -0.3 is 5.73 Å². The molecule has 0 aromatic heterocycles. The van der Waals surface area contributed by atoms with E-state index >= 15 is 0 Å². The zero-order valence-corrected chi connectivity index (χ0v) is 8.73. The van der Waals surface area contributed by atoms with Crippen molar-refractivity contribution in [2.24, 2.45) is 10.7 Å². The predicted molar refractivity (Wildman–Crippen MR) is 59.8 cm³/mol. The second kappa shape index (κ2) is 3.85. The number of benzene rings is 1. The van der Waals surface area contributed by atoms with E-state index in [4.69, 9.17) is 5.73 Å². The molecule has 1 aliphatic rings. The van der Waals surface area contributed by atoms with Crippen LogP contribution >= 0.6 is 0 Å². The SMILES string of the molecule is Cc1ccc(C2CCC(N)=NC2=O)cc1. The van der Waals surface area contributed by atoms with E-state index in [1.165, 1.54) is 5.56 Å². The lowest BCUT2D eigenvalue weighted by molar-refractivity contribution is -0.119. The van der Waals surface area contributed by atoms with Crippen LogP contribution in [0.15, 0.2) is 29.3 Å². The summed E-state index contributed by atoms with van der Waals surface area (Å²) >= 11 is 0. The fourth-order valence-corrected chi connectivity index (χ4v) is 1.80. The van der Waals surface area contributed by atoms with Crippen LogP contribution in [0.2, 0.25) is 0 Å². The van der Waals surface area contributed by atoms with E-state index in [0.717, 1.165) is 12.0 Å². The van der Waals surface area contributed by atoms with Gasteiger partial charge in [-0.3, -0.25) is 4.79 Å². The smallest absolute Gasteiger partial charge is 0.254 e. The average molecular weight is 202 g/mol. The third kappa shape index (κ3) is 2.06. The van der Waals surface area contributed by atoms with Crippen molar-refractivity contribution >= 4 is 11.7 Å². The van der Waals surface area contributed by atoms with Crippen LogP contribution in [0.1, 0.15) is 29.9 Å². The van der Waals surface area contributed by atoms with Crippen LogP contribution in [0.3, 0.4) is 0 Å². The Hall–Kier alpha value is -1.64. The molecule has 1 atom stereocenters. The van der Waals surface area contributed by atoms with Gasteiger partial charge in [0.15, 0.2) is 0 Å². The summed E-state index contributed by atoms with van der Waals surface area (Å²) in [5.74, 6) is 0.254. The lowest BCUT2D eigenvalue weighted by atomic mass is 9.91. The first-order valence-electron chi connectivity index (χ1n) is 5.10. The fraction of sp³-hybridized carbons (Fsp3) is 0.333. The summed E-state index contributed by atoms with van der Waals surface area (Å²) in [6.45, 7) is 2.03. The van der Waals surface area contributed by atoms with Crippen molar-refractivity contribution in [3.8, 4) is 0 Å². The van der Waals surface area contributed by atoms with E-state index < -0.39 is 0 Å². The molecule has 1 aromatic carbocycles. The Kier molecular flexibility index (Phi) is 2.54. The number of carbonyl (C=O) groups is 1. The monoisotopic (exact) mass is 202 g/mol. The summed E-state index contributed by atoms with van der Waals surface area (Å²) in [5, 5.41) is 0. The van der Waals surface area contributed by atoms with Gasteiger partial charge in [-0.15, -0.1) is 0 Å². The second-order valence-electron chi connectivity index (χ2n) is 3.94. The van der Waals surface area contributed by atoms with Gasteiger partial charge in [0.25, 0.3) is 5.91 Å². The minimum Gasteiger partial charge on any atom is -0.387 e. The number of aliphatic imine (C=N–C) groups is 1. The van der Waals surface area contributed by atoms with Crippen molar-refractivity contribution in [1.29, 1.82) is 0 Å². The highest BCUT2D eigenvalue weighted by atomic mass is 16.1. The van der Waals surface area contributed by atoms with Crippen molar-refractivity contribution < 1.29 is 4.79 Å². The minimum absolute atomic E-state index is 0.0992. The minimum atomic E-state index is -0.109. The maximum atomic E-state index is 11.6. The Morgan fingerprint density at radius 3 is 2.60 bits per heavy atom. The number of hydrogen-bond donors (Lipinski definition) is 1. The molecule has 2 N–H and O–H groups in total. The maximum absolute atomic E-state index is 11.6. The average Bonchev–Trinajstić information content (AvgIpc) is 2.20. The Balaban J connectivity index is 2.25. The van der Waals surface area contributed by atoms with Crippen LogP contribution in [0.25, 0.3) is 0 Å². The van der Waals surface area contributed by atoms with Crippen LogP contribution < -0.4 is 5.73 Å². The van der Waals surface area contributed by atoms with E-state index in [2.05, 4.69) is 4.99 Å². The molecule has 0 saturated heterocycles. The molecule has 1 aromatic rings. The molecule has 1 aliphatic heterocycles. The van der Waals surface area contributed by atoms with Gasteiger partial charge in [-0.2, -0.15) is 0 Å². The predicted octanol–water partition coefficient (Wildman–Crippen LogP) is 1.76. The molecule has 0 saturated carbocycles. The number of amidine groups is 1. The number of nitrogens with two attached hydrogens (primary N) is 1. The van der Waals surface area contributed by atoms with Crippen molar-refractivity contribution in [2.75, 3.05) is 0 Å². The largest absolute Gasteiger partial charge is 0.387 e. The quantitative estimate of drug-likeness (QED) is 0.754. The first-order chi connectivity index (χ1) is 7.16. The molecule has 0 aliphatic carbocycles. The molecule has 1 amide bonds. The van der Waals surface area contributed by atoms with E-state index in [-0.39, 0.29) is 11.8 Å². The van der Waals surface area contributed by atoms with E-state index in [9.17, 15) is 4.79 Å². The van der Waals surface area contributed by atoms with Crippen LogP contribution in [0.5, 0.6) is 0 Å². The molecule has 0 radical (unpaired) electrons. The summed E-state index contributed by atoms with van der Waals surface area (Å²) in [7, 11) is 0.